The van der Waals surface area contributed by atoms with Crippen molar-refractivity contribution in [3.05, 3.63) is 107 Å². The molecule has 0 unspecified atom stereocenters. The maximum absolute atomic E-state index is 13.1. The van der Waals surface area contributed by atoms with Gasteiger partial charge in [-0.15, -0.1) is 0 Å². The van der Waals surface area contributed by atoms with Gasteiger partial charge in [0.15, 0.2) is 0 Å². The van der Waals surface area contributed by atoms with Crippen LogP contribution in [0.25, 0.3) is 5.57 Å². The van der Waals surface area contributed by atoms with E-state index >= 15 is 0 Å². The summed E-state index contributed by atoms with van der Waals surface area (Å²) < 4.78 is 44.6. The van der Waals surface area contributed by atoms with Crippen molar-refractivity contribution in [2.75, 3.05) is 17.2 Å². The Morgan fingerprint density at radius 2 is 1.74 bits per heavy atom. The zero-order valence-electron chi connectivity index (χ0n) is 20.4. The van der Waals surface area contributed by atoms with E-state index in [0.717, 1.165) is 17.7 Å². The summed E-state index contributed by atoms with van der Waals surface area (Å²) in [6.45, 7) is 2.36. The molecule has 6 nitrogen and oxygen atoms in total. The molecule has 0 aliphatic carbocycles. The third kappa shape index (κ3) is 6.30. The molecule has 0 radical (unpaired) electrons. The van der Waals surface area contributed by atoms with Crippen molar-refractivity contribution in [2.45, 2.75) is 25.6 Å². The lowest BCUT2D eigenvalue weighted by Gasteiger charge is -2.23. The van der Waals surface area contributed by atoms with Crippen LogP contribution in [0.15, 0.2) is 85.0 Å². The molecule has 0 bridgehead atoms. The van der Waals surface area contributed by atoms with E-state index in [9.17, 15) is 27.9 Å². The molecule has 0 saturated heterocycles. The highest BCUT2D eigenvalue weighted by atomic mass is 19.4. The number of nitrogens with one attached hydrogen (secondary N) is 2. The molecule has 4 rings (SSSR count). The van der Waals surface area contributed by atoms with Crippen LogP contribution < -0.4 is 15.4 Å². The van der Waals surface area contributed by atoms with Gasteiger partial charge in [0, 0.05) is 29.4 Å². The first-order chi connectivity index (χ1) is 18.2. The molecule has 2 amide bonds. The predicted octanol–water partition coefficient (Wildman–Crippen LogP) is 5.59. The molecule has 3 aromatic carbocycles. The molecule has 38 heavy (non-hydrogen) atoms. The van der Waals surface area contributed by atoms with Gasteiger partial charge in [-0.05, 0) is 60.0 Å². The number of carbonyl (C=O) groups is 2. The molecule has 9 heteroatoms. The summed E-state index contributed by atoms with van der Waals surface area (Å²) in [4.78, 5) is 24.4. The summed E-state index contributed by atoms with van der Waals surface area (Å²) in [5, 5.41) is 15.2. The number of aliphatic hydroxyl groups excluding tert-OH is 1. The van der Waals surface area contributed by atoms with E-state index in [-0.39, 0.29) is 6.42 Å². The van der Waals surface area contributed by atoms with Gasteiger partial charge >= 0.3 is 6.18 Å². The number of hydrogen-bond acceptors (Lipinski definition) is 4. The van der Waals surface area contributed by atoms with Gasteiger partial charge in [0.25, 0.3) is 5.91 Å². The van der Waals surface area contributed by atoms with Crippen LogP contribution in [-0.4, -0.2) is 29.6 Å². The molecule has 1 aliphatic heterocycles. The molecule has 1 aliphatic rings. The smallest absolute Gasteiger partial charge is 0.416 e. The molecular weight excluding hydrogens is 497 g/mol. The highest BCUT2D eigenvalue weighted by Gasteiger charge is 2.30. The minimum Gasteiger partial charge on any atom is -0.494 e. The highest BCUT2D eigenvalue weighted by Crippen LogP contribution is 2.32. The molecule has 0 saturated carbocycles. The second kappa shape index (κ2) is 11.4. The molecule has 3 N–H and O–H groups in total. The number of benzene rings is 3. The standard InChI is InChI=1S/C29H25F3N2O4/c1-2-38-21-15-11-19(12-16-21)22(18-9-13-20(14-10-18)29(30,31)32)5-3-8-27(36)33-24-6-4-7-25-23(24)17-26(35)28(37)34-25/h3-16,26,35H,2,17H2,1H3,(H,33,36)(H,34,37)/b8-3+,22-5-/t26-/m1/s1. The summed E-state index contributed by atoms with van der Waals surface area (Å²) in [7, 11) is 0. The van der Waals surface area contributed by atoms with Crippen molar-refractivity contribution < 1.29 is 32.6 Å². The number of amides is 2. The number of halogens is 3. The number of carbonyl (C=O) groups excluding carboxylic acids is 2. The van der Waals surface area contributed by atoms with Crippen LogP contribution in [0.1, 0.15) is 29.2 Å². The minimum atomic E-state index is -4.45. The van der Waals surface area contributed by atoms with Gasteiger partial charge < -0.3 is 20.5 Å². The maximum Gasteiger partial charge on any atom is 0.416 e. The molecule has 0 spiro atoms. The van der Waals surface area contributed by atoms with Gasteiger partial charge in [0.2, 0.25) is 5.91 Å². The largest absolute Gasteiger partial charge is 0.494 e. The summed E-state index contributed by atoms with van der Waals surface area (Å²) >= 11 is 0. The number of aliphatic hydroxyl groups is 1. The van der Waals surface area contributed by atoms with E-state index in [0.29, 0.717) is 40.4 Å². The first-order valence-electron chi connectivity index (χ1n) is 11.9. The fourth-order valence-electron chi connectivity index (χ4n) is 4.04. The van der Waals surface area contributed by atoms with Crippen molar-refractivity contribution in [2.24, 2.45) is 0 Å². The Labute approximate surface area is 217 Å². The van der Waals surface area contributed by atoms with E-state index in [1.54, 1.807) is 48.5 Å². The Kier molecular flexibility index (Phi) is 7.97. The molecule has 3 aromatic rings. The molecule has 0 aromatic heterocycles. The quantitative estimate of drug-likeness (QED) is 0.279. The van der Waals surface area contributed by atoms with E-state index < -0.39 is 29.7 Å². The third-order valence-corrected chi connectivity index (χ3v) is 5.90. The summed E-state index contributed by atoms with van der Waals surface area (Å²) in [6.07, 6.45) is -1.16. The van der Waals surface area contributed by atoms with Crippen LogP contribution in [-0.2, 0) is 22.2 Å². The van der Waals surface area contributed by atoms with Gasteiger partial charge in [0.1, 0.15) is 11.9 Å². The van der Waals surface area contributed by atoms with Crippen LogP contribution in [0.2, 0.25) is 0 Å². The first-order valence-corrected chi connectivity index (χ1v) is 11.9. The van der Waals surface area contributed by atoms with E-state index in [1.807, 2.05) is 6.92 Å². The SMILES string of the molecule is CCOc1ccc(/C(=C\C=C\C(=O)Nc2cccc3c2C[C@@H](O)C(=O)N3)c2ccc(C(F)(F)F)cc2)cc1. The second-order valence-corrected chi connectivity index (χ2v) is 8.50. The fourth-order valence-corrected chi connectivity index (χ4v) is 4.04. The van der Waals surface area contributed by atoms with Gasteiger partial charge in [-0.2, -0.15) is 13.2 Å². The number of hydrogen-bond donors (Lipinski definition) is 3. The van der Waals surface area contributed by atoms with Crippen molar-refractivity contribution in [3.8, 4) is 5.75 Å². The van der Waals surface area contributed by atoms with E-state index in [1.165, 1.54) is 24.3 Å². The predicted molar refractivity (Wildman–Crippen MR) is 139 cm³/mol. The second-order valence-electron chi connectivity index (χ2n) is 8.50. The van der Waals surface area contributed by atoms with Crippen molar-refractivity contribution in [1.29, 1.82) is 0 Å². The maximum atomic E-state index is 13.1. The Morgan fingerprint density at radius 3 is 2.37 bits per heavy atom. The zero-order chi connectivity index (χ0) is 27.3. The Morgan fingerprint density at radius 1 is 1.08 bits per heavy atom. The van der Waals surface area contributed by atoms with Gasteiger partial charge in [-0.1, -0.05) is 42.5 Å². The summed E-state index contributed by atoms with van der Waals surface area (Å²) in [5.74, 6) is -0.305. The molecular formula is C29H25F3N2O4. The normalized spacial score (nSPS) is 15.7. The number of fused-ring (bicyclic) bond motifs is 1. The van der Waals surface area contributed by atoms with Crippen LogP contribution in [0.5, 0.6) is 5.75 Å². The fraction of sp³-hybridized carbons (Fsp3) is 0.172. The Bertz CT molecular complexity index is 1380. The Hall–Kier alpha value is -4.37. The molecule has 0 fully saturated rings. The highest BCUT2D eigenvalue weighted by molar-refractivity contribution is 6.03. The topological polar surface area (TPSA) is 87.7 Å². The average molecular weight is 523 g/mol. The van der Waals surface area contributed by atoms with Crippen molar-refractivity contribution in [3.63, 3.8) is 0 Å². The van der Waals surface area contributed by atoms with Crippen LogP contribution in [0, 0.1) is 0 Å². The minimum absolute atomic E-state index is 0.0665. The number of alkyl halides is 3. The molecule has 1 heterocycles. The number of ether oxygens (including phenoxy) is 1. The molecule has 196 valence electrons. The summed E-state index contributed by atoms with van der Waals surface area (Å²) in [6, 6.07) is 16.9. The van der Waals surface area contributed by atoms with Crippen LogP contribution >= 0.6 is 0 Å². The van der Waals surface area contributed by atoms with Crippen molar-refractivity contribution in [1.82, 2.24) is 0 Å². The van der Waals surface area contributed by atoms with Crippen LogP contribution in [0.3, 0.4) is 0 Å². The van der Waals surface area contributed by atoms with Gasteiger partial charge in [0.05, 0.1) is 12.2 Å². The lowest BCUT2D eigenvalue weighted by atomic mass is 9.96. The first kappa shape index (κ1) is 26.7. The van der Waals surface area contributed by atoms with Gasteiger partial charge in [-0.25, -0.2) is 0 Å². The van der Waals surface area contributed by atoms with E-state index in [2.05, 4.69) is 10.6 Å². The lowest BCUT2D eigenvalue weighted by Crippen LogP contribution is -2.34. The number of anilines is 2. The van der Waals surface area contributed by atoms with Gasteiger partial charge in [-0.3, -0.25) is 9.59 Å². The summed E-state index contributed by atoms with van der Waals surface area (Å²) in [5.41, 5.74) is 2.69. The van der Waals surface area contributed by atoms with Crippen LogP contribution in [0.4, 0.5) is 24.5 Å². The lowest BCUT2D eigenvalue weighted by molar-refractivity contribution is -0.137. The number of allylic oxidation sites excluding steroid dienone is 2. The zero-order valence-corrected chi connectivity index (χ0v) is 20.4. The van der Waals surface area contributed by atoms with Crippen molar-refractivity contribution >= 4 is 28.8 Å². The van der Waals surface area contributed by atoms with E-state index in [4.69, 9.17) is 4.74 Å². The number of rotatable bonds is 7. The Balaban J connectivity index is 1.59. The molecule has 1 atom stereocenters. The monoisotopic (exact) mass is 522 g/mol. The third-order valence-electron chi connectivity index (χ3n) is 5.90. The average Bonchev–Trinajstić information content (AvgIpc) is 2.88.